The fourth-order valence-corrected chi connectivity index (χ4v) is 1.37. The van der Waals surface area contributed by atoms with Crippen molar-refractivity contribution in [2.24, 2.45) is 0 Å². The molecule has 0 fully saturated rings. The summed E-state index contributed by atoms with van der Waals surface area (Å²) in [7, 11) is 0. The van der Waals surface area contributed by atoms with E-state index in [1.165, 1.54) is 0 Å². The van der Waals surface area contributed by atoms with Crippen molar-refractivity contribution in [2.45, 2.75) is 36.9 Å². The van der Waals surface area contributed by atoms with Gasteiger partial charge in [0, 0.05) is 49.6 Å². The molecule has 16 heteroatoms. The van der Waals surface area contributed by atoms with Crippen LogP contribution in [0.2, 0.25) is 0 Å². The fourth-order valence-electron chi connectivity index (χ4n) is 1.37. The van der Waals surface area contributed by atoms with Crippen LogP contribution >= 0.6 is 0 Å². The first kappa shape index (κ1) is 34.2. The van der Waals surface area contributed by atoms with E-state index in [4.69, 9.17) is 10.2 Å². The van der Waals surface area contributed by atoms with E-state index in [1.54, 1.807) is 0 Å². The molecule has 0 bridgehead atoms. The number of hydrogen-bond acceptors (Lipinski definition) is 14. The number of carbonyl (C=O) groups is 6. The third-order valence-electron chi connectivity index (χ3n) is 2.51. The van der Waals surface area contributed by atoms with Gasteiger partial charge in [0.1, 0.15) is 11.2 Å². The van der Waals surface area contributed by atoms with Gasteiger partial charge in [0.2, 0.25) is 0 Å². The molecular formula is C12H10CaO14Ti. The molecule has 0 amide bonds. The van der Waals surface area contributed by atoms with Crippen molar-refractivity contribution >= 4 is 73.6 Å². The first-order valence-corrected chi connectivity index (χ1v) is 6.23. The number of hydrogen-bond donors (Lipinski definition) is 2. The SMILES string of the molecule is O=C([O-])CC(O)(CC(=O)[O-])C(=O)[O-].O=C([O-])CC(O)(CC(=O)[O-])C(=O)[O-].[Ca+2].[Ti+4]. The van der Waals surface area contributed by atoms with Crippen LogP contribution in [0.4, 0.5) is 0 Å². The van der Waals surface area contributed by atoms with Crippen LogP contribution in [0, 0.1) is 0 Å². The Morgan fingerprint density at radius 2 is 0.679 bits per heavy atom. The number of aliphatic hydroxyl groups is 2. The van der Waals surface area contributed by atoms with Gasteiger partial charge in [0.05, 0.1) is 11.9 Å². The van der Waals surface area contributed by atoms with E-state index in [1.807, 2.05) is 0 Å². The summed E-state index contributed by atoms with van der Waals surface area (Å²) in [6.07, 6.45) is -5.43. The van der Waals surface area contributed by atoms with Crippen LogP contribution in [0.5, 0.6) is 0 Å². The Morgan fingerprint density at radius 3 is 0.750 bits per heavy atom. The molecule has 14 nitrogen and oxygen atoms in total. The Kier molecular flexibility index (Phi) is 17.9. The Morgan fingerprint density at radius 1 is 0.536 bits per heavy atom. The number of carboxylic acid groups (broad SMARTS) is 6. The van der Waals surface area contributed by atoms with Gasteiger partial charge in [-0.25, -0.2) is 0 Å². The fraction of sp³-hybridized carbons (Fsp3) is 0.500. The summed E-state index contributed by atoms with van der Waals surface area (Å²) in [5, 5.41) is 77.9. The van der Waals surface area contributed by atoms with Gasteiger partial charge in [-0.15, -0.1) is 0 Å². The maximum atomic E-state index is 10.1. The molecule has 0 radical (unpaired) electrons. The Hall–Kier alpha value is -1.29. The van der Waals surface area contributed by atoms with Crippen LogP contribution in [0.1, 0.15) is 25.7 Å². The average Bonchev–Trinajstić information content (AvgIpc) is 2.34. The number of aliphatic carboxylic acids is 6. The summed E-state index contributed by atoms with van der Waals surface area (Å²) >= 11 is 0. The monoisotopic (exact) mass is 466 g/mol. The van der Waals surface area contributed by atoms with E-state index in [9.17, 15) is 59.4 Å². The standard InChI is InChI=1S/2C6H8O7.Ca.Ti/c2*7-3(8)1-6(13,5(11)12)2-4(9)10;;/h2*13H,1-2H2,(H,7,8)(H,9,10)(H,11,12);;/q;;+2;+4/p-6. The minimum atomic E-state index is -2.97. The van der Waals surface area contributed by atoms with Crippen LogP contribution in [0.25, 0.3) is 0 Å². The molecule has 0 rings (SSSR count). The molecule has 0 aliphatic carbocycles. The van der Waals surface area contributed by atoms with Gasteiger partial charge in [-0.1, -0.05) is 0 Å². The largest absolute Gasteiger partial charge is 4.00 e. The van der Waals surface area contributed by atoms with Gasteiger partial charge in [0.25, 0.3) is 0 Å². The molecule has 0 aromatic carbocycles. The molecule has 0 atom stereocenters. The maximum Gasteiger partial charge on any atom is 4.00 e. The molecule has 0 aromatic rings. The molecule has 0 saturated heterocycles. The third-order valence-corrected chi connectivity index (χ3v) is 2.51. The summed E-state index contributed by atoms with van der Waals surface area (Å²) < 4.78 is 0. The van der Waals surface area contributed by atoms with Gasteiger partial charge in [-0.05, 0) is 0 Å². The molecule has 0 heterocycles. The summed E-state index contributed by atoms with van der Waals surface area (Å²) in [6, 6.07) is 0. The van der Waals surface area contributed by atoms with Crippen molar-refractivity contribution in [3.63, 3.8) is 0 Å². The molecule has 0 saturated carbocycles. The van der Waals surface area contributed by atoms with Gasteiger partial charge < -0.3 is 69.6 Å². The zero-order chi connectivity index (χ0) is 21.3. The second kappa shape index (κ2) is 14.7. The predicted molar refractivity (Wildman–Crippen MR) is 64.2 cm³/mol. The molecule has 0 aromatic heterocycles. The molecule has 0 aliphatic rings. The average molecular weight is 466 g/mol. The molecule has 28 heavy (non-hydrogen) atoms. The van der Waals surface area contributed by atoms with Crippen LogP contribution in [-0.4, -0.2) is 95.0 Å². The van der Waals surface area contributed by atoms with Crippen molar-refractivity contribution in [3.05, 3.63) is 0 Å². The minimum Gasteiger partial charge on any atom is -0.550 e. The van der Waals surface area contributed by atoms with Crippen molar-refractivity contribution in [1.82, 2.24) is 0 Å². The van der Waals surface area contributed by atoms with Gasteiger partial charge in [0.15, 0.2) is 0 Å². The predicted octanol–water partition coefficient (Wildman–Crippen LogP) is -10.9. The molecule has 0 aliphatic heterocycles. The summed E-state index contributed by atoms with van der Waals surface area (Å²) in [4.78, 5) is 60.0. The van der Waals surface area contributed by atoms with Crippen LogP contribution in [0.15, 0.2) is 0 Å². The minimum absolute atomic E-state index is 0. The molecule has 0 unspecified atom stereocenters. The first-order chi connectivity index (χ1) is 11.6. The molecule has 148 valence electrons. The van der Waals surface area contributed by atoms with E-state index in [0.717, 1.165) is 0 Å². The topological polar surface area (TPSA) is 281 Å². The number of carboxylic acids is 6. The van der Waals surface area contributed by atoms with Gasteiger partial charge in [-0.2, -0.15) is 0 Å². The van der Waals surface area contributed by atoms with Crippen molar-refractivity contribution in [1.29, 1.82) is 0 Å². The summed E-state index contributed by atoms with van der Waals surface area (Å²) in [6.45, 7) is 0. The van der Waals surface area contributed by atoms with E-state index < -0.39 is 72.7 Å². The Balaban J connectivity index is -0.000000192. The van der Waals surface area contributed by atoms with E-state index in [2.05, 4.69) is 0 Å². The second-order valence-corrected chi connectivity index (χ2v) is 4.83. The van der Waals surface area contributed by atoms with E-state index in [0.29, 0.717) is 0 Å². The van der Waals surface area contributed by atoms with Gasteiger partial charge in [-0.3, -0.25) is 0 Å². The Bertz CT molecular complexity index is 519. The van der Waals surface area contributed by atoms with Crippen molar-refractivity contribution in [2.75, 3.05) is 0 Å². The third kappa shape index (κ3) is 14.7. The maximum absolute atomic E-state index is 10.1. The summed E-state index contributed by atoms with van der Waals surface area (Å²) in [5.41, 5.74) is -5.95. The van der Waals surface area contributed by atoms with Gasteiger partial charge >= 0.3 is 59.5 Å². The van der Waals surface area contributed by atoms with Crippen molar-refractivity contribution < 1.29 is 91.3 Å². The summed E-state index contributed by atoms with van der Waals surface area (Å²) in [5.74, 6) is -12.0. The van der Waals surface area contributed by atoms with Crippen LogP contribution < -0.4 is 30.6 Å². The number of rotatable bonds is 10. The number of carbonyl (C=O) groups excluding carboxylic acids is 6. The molecular weight excluding hydrogens is 456 g/mol. The molecule has 2 N–H and O–H groups in total. The second-order valence-electron chi connectivity index (χ2n) is 4.83. The quantitative estimate of drug-likeness (QED) is 0.283. The smallest absolute Gasteiger partial charge is 0.550 e. The first-order valence-electron chi connectivity index (χ1n) is 6.23. The normalized spacial score (nSPS) is 10.1. The van der Waals surface area contributed by atoms with E-state index >= 15 is 0 Å². The molecule has 0 spiro atoms. The van der Waals surface area contributed by atoms with Crippen molar-refractivity contribution in [3.8, 4) is 0 Å². The van der Waals surface area contributed by atoms with E-state index in [-0.39, 0.29) is 59.5 Å². The zero-order valence-corrected chi connectivity index (χ0v) is 17.6. The zero-order valence-electron chi connectivity index (χ0n) is 13.8. The van der Waals surface area contributed by atoms with Crippen LogP contribution in [0.3, 0.4) is 0 Å². The van der Waals surface area contributed by atoms with Crippen LogP contribution in [-0.2, 0) is 50.5 Å². The Labute approximate surface area is 200 Å².